The molecule has 1 N–H and O–H groups in total. The van der Waals surface area contributed by atoms with E-state index in [1.807, 2.05) is 0 Å². The summed E-state index contributed by atoms with van der Waals surface area (Å²) in [5.41, 5.74) is 2.53. The minimum absolute atomic E-state index is 0.0463. The number of benzene rings is 1. The summed E-state index contributed by atoms with van der Waals surface area (Å²) < 4.78 is 26.2. The Morgan fingerprint density at radius 3 is 2.68 bits per heavy atom. The maximum atomic E-state index is 13.3. The van der Waals surface area contributed by atoms with Gasteiger partial charge in [0.15, 0.2) is 11.6 Å². The molecule has 1 amide bonds. The highest BCUT2D eigenvalue weighted by Crippen LogP contribution is 2.08. The smallest absolute Gasteiger partial charge is 0.267 e. The van der Waals surface area contributed by atoms with Gasteiger partial charge >= 0.3 is 0 Å². The van der Waals surface area contributed by atoms with Gasteiger partial charge in [0.1, 0.15) is 0 Å². The normalized spacial score (nSPS) is 10.6. The number of pyridine rings is 1. The molecule has 0 unspecified atom stereocenters. The lowest BCUT2D eigenvalue weighted by Gasteiger charge is -1.99. The van der Waals surface area contributed by atoms with Crippen LogP contribution in [0.25, 0.3) is 0 Å². The Morgan fingerprint density at radius 2 is 1.95 bits per heavy atom. The first-order valence-electron chi connectivity index (χ1n) is 5.36. The van der Waals surface area contributed by atoms with Gasteiger partial charge in [-0.2, -0.15) is 5.10 Å². The summed E-state index contributed by atoms with van der Waals surface area (Å²) >= 11 is 0. The molecule has 0 bridgehead atoms. The van der Waals surface area contributed by atoms with E-state index in [1.54, 1.807) is 0 Å². The summed E-state index contributed by atoms with van der Waals surface area (Å²) in [4.78, 5) is 15.3. The SMILES string of the molecule is O=C(N/N=C\c1cccc(F)c1F)c1ccncc1. The largest absolute Gasteiger partial charge is 0.271 e. The number of amides is 1. The Kier molecular flexibility index (Phi) is 3.92. The number of hydrazone groups is 1. The molecule has 6 heteroatoms. The van der Waals surface area contributed by atoms with Crippen LogP contribution in [0.3, 0.4) is 0 Å². The van der Waals surface area contributed by atoms with Crippen molar-refractivity contribution < 1.29 is 13.6 Å². The standard InChI is InChI=1S/C13H9F2N3O/c14-11-3-1-2-10(12(11)15)8-17-18-13(19)9-4-6-16-7-5-9/h1-8H,(H,18,19)/b17-8-. The van der Waals surface area contributed by atoms with Crippen molar-refractivity contribution in [3.05, 3.63) is 65.5 Å². The Balaban J connectivity index is 2.05. The number of nitrogens with one attached hydrogen (secondary N) is 1. The second-order valence-corrected chi connectivity index (χ2v) is 3.58. The first kappa shape index (κ1) is 12.8. The van der Waals surface area contributed by atoms with E-state index < -0.39 is 17.5 Å². The lowest BCUT2D eigenvalue weighted by Crippen LogP contribution is -2.17. The second kappa shape index (κ2) is 5.81. The molecule has 0 aliphatic heterocycles. The van der Waals surface area contributed by atoms with E-state index in [4.69, 9.17) is 0 Å². The zero-order chi connectivity index (χ0) is 13.7. The fourth-order valence-corrected chi connectivity index (χ4v) is 1.35. The molecule has 4 nitrogen and oxygen atoms in total. The van der Waals surface area contributed by atoms with E-state index in [0.29, 0.717) is 5.56 Å². The molecule has 0 saturated heterocycles. The summed E-state index contributed by atoms with van der Waals surface area (Å²) in [6.07, 6.45) is 3.97. The van der Waals surface area contributed by atoms with Crippen molar-refractivity contribution in [2.45, 2.75) is 0 Å². The van der Waals surface area contributed by atoms with Crippen molar-refractivity contribution in [3.8, 4) is 0 Å². The van der Waals surface area contributed by atoms with E-state index >= 15 is 0 Å². The van der Waals surface area contributed by atoms with Gasteiger partial charge in [0.2, 0.25) is 0 Å². The van der Waals surface area contributed by atoms with Crippen molar-refractivity contribution in [2.75, 3.05) is 0 Å². The maximum absolute atomic E-state index is 13.3. The van der Waals surface area contributed by atoms with Crippen LogP contribution in [-0.2, 0) is 0 Å². The molecule has 96 valence electrons. The molecule has 2 rings (SSSR count). The molecule has 0 radical (unpaired) electrons. The van der Waals surface area contributed by atoms with Gasteiger partial charge in [-0.05, 0) is 18.2 Å². The number of rotatable bonds is 3. The number of hydrogen-bond acceptors (Lipinski definition) is 3. The molecular weight excluding hydrogens is 252 g/mol. The second-order valence-electron chi connectivity index (χ2n) is 3.58. The highest BCUT2D eigenvalue weighted by molar-refractivity contribution is 5.94. The third kappa shape index (κ3) is 3.19. The van der Waals surface area contributed by atoms with E-state index in [9.17, 15) is 13.6 Å². The van der Waals surface area contributed by atoms with Gasteiger partial charge in [0.05, 0.1) is 6.21 Å². The van der Waals surface area contributed by atoms with Gasteiger partial charge in [0, 0.05) is 23.5 Å². The summed E-state index contributed by atoms with van der Waals surface area (Å²) in [5.74, 6) is -2.44. The molecule has 0 atom stereocenters. The fraction of sp³-hybridized carbons (Fsp3) is 0. The van der Waals surface area contributed by atoms with E-state index in [-0.39, 0.29) is 5.56 Å². The first-order chi connectivity index (χ1) is 9.18. The zero-order valence-electron chi connectivity index (χ0n) is 9.68. The summed E-state index contributed by atoms with van der Waals surface area (Å²) in [6, 6.07) is 6.72. The molecule has 1 heterocycles. The third-order valence-corrected chi connectivity index (χ3v) is 2.29. The van der Waals surface area contributed by atoms with Crippen LogP contribution < -0.4 is 5.43 Å². The quantitative estimate of drug-likeness (QED) is 0.679. The number of nitrogens with zero attached hydrogens (tertiary/aromatic N) is 2. The van der Waals surface area contributed by atoms with Crippen molar-refractivity contribution >= 4 is 12.1 Å². The molecule has 1 aromatic heterocycles. The Labute approximate surface area is 107 Å². The van der Waals surface area contributed by atoms with Crippen LogP contribution in [0.15, 0.2) is 47.8 Å². The van der Waals surface area contributed by atoms with Crippen LogP contribution in [0.4, 0.5) is 8.78 Å². The van der Waals surface area contributed by atoms with E-state index in [1.165, 1.54) is 36.7 Å². The first-order valence-corrected chi connectivity index (χ1v) is 5.36. The maximum Gasteiger partial charge on any atom is 0.271 e. The minimum Gasteiger partial charge on any atom is -0.267 e. The van der Waals surface area contributed by atoms with Gasteiger partial charge in [-0.1, -0.05) is 12.1 Å². The fourth-order valence-electron chi connectivity index (χ4n) is 1.35. The van der Waals surface area contributed by atoms with Crippen molar-refractivity contribution in [3.63, 3.8) is 0 Å². The predicted octanol–water partition coefficient (Wildman–Crippen LogP) is 2.12. The Bertz CT molecular complexity index is 615. The topological polar surface area (TPSA) is 54.4 Å². The van der Waals surface area contributed by atoms with Crippen LogP contribution in [0.5, 0.6) is 0 Å². The van der Waals surface area contributed by atoms with Crippen LogP contribution >= 0.6 is 0 Å². The van der Waals surface area contributed by atoms with Crippen LogP contribution in [-0.4, -0.2) is 17.1 Å². The third-order valence-electron chi connectivity index (χ3n) is 2.29. The number of carbonyl (C=O) groups is 1. The molecule has 0 spiro atoms. The lowest BCUT2D eigenvalue weighted by atomic mass is 10.2. The molecule has 0 fully saturated rings. The number of halogens is 2. The summed E-state index contributed by atoms with van der Waals surface area (Å²) in [5, 5.41) is 3.57. The molecule has 0 aliphatic rings. The van der Waals surface area contributed by atoms with Gasteiger partial charge in [-0.3, -0.25) is 9.78 Å². The average Bonchev–Trinajstić information content (AvgIpc) is 2.44. The Morgan fingerprint density at radius 1 is 1.21 bits per heavy atom. The lowest BCUT2D eigenvalue weighted by molar-refractivity contribution is 0.0955. The summed E-state index contributed by atoms with van der Waals surface area (Å²) in [6.45, 7) is 0. The van der Waals surface area contributed by atoms with Crippen LogP contribution in [0, 0.1) is 11.6 Å². The van der Waals surface area contributed by atoms with E-state index in [0.717, 1.165) is 12.3 Å². The van der Waals surface area contributed by atoms with Gasteiger partial charge in [0.25, 0.3) is 5.91 Å². The highest BCUT2D eigenvalue weighted by atomic mass is 19.2. The average molecular weight is 261 g/mol. The van der Waals surface area contributed by atoms with Gasteiger partial charge in [-0.25, -0.2) is 14.2 Å². The monoisotopic (exact) mass is 261 g/mol. The van der Waals surface area contributed by atoms with Crippen LogP contribution in [0.2, 0.25) is 0 Å². The number of aromatic nitrogens is 1. The van der Waals surface area contributed by atoms with Gasteiger partial charge in [-0.15, -0.1) is 0 Å². The number of carbonyl (C=O) groups excluding carboxylic acids is 1. The Hall–Kier alpha value is -2.63. The highest BCUT2D eigenvalue weighted by Gasteiger charge is 2.06. The molecule has 19 heavy (non-hydrogen) atoms. The van der Waals surface area contributed by atoms with Crippen molar-refractivity contribution in [1.29, 1.82) is 0 Å². The number of hydrogen-bond donors (Lipinski definition) is 1. The molecule has 0 aliphatic carbocycles. The molecule has 0 saturated carbocycles. The molecule has 2 aromatic rings. The van der Waals surface area contributed by atoms with Crippen LogP contribution in [0.1, 0.15) is 15.9 Å². The van der Waals surface area contributed by atoms with Crippen molar-refractivity contribution in [1.82, 2.24) is 10.4 Å². The predicted molar refractivity (Wildman–Crippen MR) is 65.7 cm³/mol. The summed E-state index contributed by atoms with van der Waals surface area (Å²) in [7, 11) is 0. The van der Waals surface area contributed by atoms with Gasteiger partial charge < -0.3 is 0 Å². The zero-order valence-corrected chi connectivity index (χ0v) is 9.68. The molecule has 1 aromatic carbocycles. The van der Waals surface area contributed by atoms with Crippen molar-refractivity contribution in [2.24, 2.45) is 5.10 Å². The van der Waals surface area contributed by atoms with E-state index in [2.05, 4.69) is 15.5 Å². The molecular formula is C13H9F2N3O. The minimum atomic E-state index is -1.01.